The average Bonchev–Trinajstić information content (AvgIpc) is 3.08. The number of hydrogen-bond acceptors (Lipinski definition) is 3. The number of amides is 1. The van der Waals surface area contributed by atoms with Gasteiger partial charge < -0.3 is 5.32 Å². The first-order chi connectivity index (χ1) is 12.8. The Labute approximate surface area is 168 Å². The highest BCUT2D eigenvalue weighted by atomic mass is 35.5. The van der Waals surface area contributed by atoms with Gasteiger partial charge in [-0.3, -0.25) is 14.2 Å². The molecular weight excluding hydrogens is 385 g/mol. The van der Waals surface area contributed by atoms with Crippen LogP contribution in [0, 0.1) is 20.8 Å². The maximum Gasteiger partial charge on any atom is 0.249 e. The fraction of sp³-hybridized carbons (Fsp3) is 0.316. The van der Waals surface area contributed by atoms with Crippen molar-refractivity contribution in [2.75, 3.05) is 5.32 Å². The van der Waals surface area contributed by atoms with Gasteiger partial charge in [0.15, 0.2) is 0 Å². The molecule has 3 rings (SSSR count). The van der Waals surface area contributed by atoms with Crippen LogP contribution >= 0.6 is 23.2 Å². The molecule has 8 heteroatoms. The van der Waals surface area contributed by atoms with Crippen LogP contribution in [0.4, 0.5) is 5.69 Å². The number of halogens is 2. The number of carbonyl (C=O) groups excluding carboxylic acids is 1. The van der Waals surface area contributed by atoms with Gasteiger partial charge in [0.2, 0.25) is 5.91 Å². The van der Waals surface area contributed by atoms with Gasteiger partial charge in [0.1, 0.15) is 6.04 Å². The normalized spacial score (nSPS) is 12.2. The summed E-state index contributed by atoms with van der Waals surface area (Å²) in [5.41, 5.74) is 4.08. The van der Waals surface area contributed by atoms with Crippen molar-refractivity contribution in [2.45, 2.75) is 40.3 Å². The van der Waals surface area contributed by atoms with E-state index in [1.165, 1.54) is 0 Å². The minimum atomic E-state index is -0.494. The van der Waals surface area contributed by atoms with Gasteiger partial charge in [-0.25, -0.2) is 0 Å². The van der Waals surface area contributed by atoms with E-state index in [2.05, 4.69) is 15.5 Å². The molecule has 1 N–H and O–H groups in total. The third-order valence-corrected chi connectivity index (χ3v) is 5.09. The van der Waals surface area contributed by atoms with E-state index in [9.17, 15) is 4.79 Å². The molecule has 1 unspecified atom stereocenters. The lowest BCUT2D eigenvalue weighted by atomic mass is 10.2. The molecule has 0 bridgehead atoms. The zero-order chi connectivity index (χ0) is 19.7. The summed E-state index contributed by atoms with van der Waals surface area (Å²) in [5.74, 6) is -0.178. The van der Waals surface area contributed by atoms with Crippen LogP contribution in [0.2, 0.25) is 10.0 Å². The highest BCUT2D eigenvalue weighted by molar-refractivity contribution is 6.31. The summed E-state index contributed by atoms with van der Waals surface area (Å²) in [6, 6.07) is 7.15. The highest BCUT2D eigenvalue weighted by Gasteiger charge is 2.21. The zero-order valence-electron chi connectivity index (χ0n) is 15.6. The number of rotatable bonds is 5. The maximum atomic E-state index is 12.7. The van der Waals surface area contributed by atoms with Crippen LogP contribution < -0.4 is 5.32 Å². The molecule has 0 saturated heterocycles. The molecule has 0 saturated carbocycles. The number of hydrogen-bond donors (Lipinski definition) is 1. The standard InChI is InChI=1S/C19H21Cl2N5O/c1-11-17(21)10-26(23-11)14(4)19(27)22-18-12(2)24-25(13(18)3)9-15-6-5-7-16(20)8-15/h5-8,10,14H,9H2,1-4H3,(H,22,27). The van der Waals surface area contributed by atoms with E-state index in [1.807, 2.05) is 42.8 Å². The van der Waals surface area contributed by atoms with Crippen molar-refractivity contribution in [1.29, 1.82) is 0 Å². The van der Waals surface area contributed by atoms with E-state index in [4.69, 9.17) is 23.2 Å². The predicted octanol–water partition coefficient (Wildman–Crippen LogP) is 4.56. The summed E-state index contributed by atoms with van der Waals surface area (Å²) in [6.07, 6.45) is 1.66. The molecule has 1 aromatic carbocycles. The Balaban J connectivity index is 1.79. The van der Waals surface area contributed by atoms with Gasteiger partial charge in [0.25, 0.3) is 0 Å². The van der Waals surface area contributed by atoms with Gasteiger partial charge in [0, 0.05) is 11.2 Å². The Morgan fingerprint density at radius 3 is 2.56 bits per heavy atom. The fourth-order valence-corrected chi connectivity index (χ4v) is 3.20. The van der Waals surface area contributed by atoms with E-state index in [0.717, 1.165) is 17.0 Å². The zero-order valence-corrected chi connectivity index (χ0v) is 17.1. The number of aryl methyl sites for hydroxylation is 2. The molecular formula is C19H21Cl2N5O. The average molecular weight is 406 g/mol. The molecule has 3 aromatic rings. The van der Waals surface area contributed by atoms with Crippen LogP contribution in [0.3, 0.4) is 0 Å². The minimum Gasteiger partial charge on any atom is -0.321 e. The highest BCUT2D eigenvalue weighted by Crippen LogP contribution is 2.23. The number of benzene rings is 1. The molecule has 0 aliphatic carbocycles. The first-order valence-electron chi connectivity index (χ1n) is 8.57. The lowest BCUT2D eigenvalue weighted by Gasteiger charge is -2.13. The second kappa shape index (κ2) is 7.74. The largest absolute Gasteiger partial charge is 0.321 e. The summed E-state index contributed by atoms with van der Waals surface area (Å²) >= 11 is 12.1. The van der Waals surface area contributed by atoms with Crippen LogP contribution in [0.5, 0.6) is 0 Å². The summed E-state index contributed by atoms with van der Waals surface area (Å²) < 4.78 is 3.42. The van der Waals surface area contributed by atoms with Crippen LogP contribution in [0.1, 0.15) is 35.6 Å². The van der Waals surface area contributed by atoms with E-state index < -0.39 is 6.04 Å². The van der Waals surface area contributed by atoms with Gasteiger partial charge in [0.05, 0.1) is 34.3 Å². The summed E-state index contributed by atoms with van der Waals surface area (Å²) in [7, 11) is 0. The van der Waals surface area contributed by atoms with Crippen LogP contribution in [0.25, 0.3) is 0 Å². The Bertz CT molecular complexity index is 973. The molecule has 0 fully saturated rings. The smallest absolute Gasteiger partial charge is 0.249 e. The predicted molar refractivity (Wildman–Crippen MR) is 108 cm³/mol. The fourth-order valence-electron chi connectivity index (χ4n) is 2.85. The van der Waals surface area contributed by atoms with Gasteiger partial charge in [-0.05, 0) is 45.4 Å². The van der Waals surface area contributed by atoms with E-state index in [1.54, 1.807) is 24.7 Å². The summed E-state index contributed by atoms with van der Waals surface area (Å²) in [6.45, 7) is 7.96. The van der Waals surface area contributed by atoms with Crippen molar-refractivity contribution in [3.63, 3.8) is 0 Å². The number of nitrogens with zero attached hydrogens (tertiary/aromatic N) is 4. The van der Waals surface area contributed by atoms with Crippen molar-refractivity contribution in [3.8, 4) is 0 Å². The Kier molecular flexibility index (Phi) is 5.58. The van der Waals surface area contributed by atoms with Crippen molar-refractivity contribution >= 4 is 34.8 Å². The molecule has 2 heterocycles. The molecule has 1 atom stereocenters. The third-order valence-electron chi connectivity index (χ3n) is 4.48. The molecule has 0 aliphatic heterocycles. The van der Waals surface area contributed by atoms with Gasteiger partial charge in [-0.1, -0.05) is 35.3 Å². The van der Waals surface area contributed by atoms with E-state index in [-0.39, 0.29) is 5.91 Å². The van der Waals surface area contributed by atoms with Crippen molar-refractivity contribution < 1.29 is 4.79 Å². The topological polar surface area (TPSA) is 64.7 Å². The first kappa shape index (κ1) is 19.5. The van der Waals surface area contributed by atoms with Crippen LogP contribution in [0.15, 0.2) is 30.5 Å². The quantitative estimate of drug-likeness (QED) is 0.676. The molecule has 2 aromatic heterocycles. The van der Waals surface area contributed by atoms with Crippen molar-refractivity contribution in [1.82, 2.24) is 19.6 Å². The summed E-state index contributed by atoms with van der Waals surface area (Å²) in [5, 5.41) is 13.0. The second-order valence-electron chi connectivity index (χ2n) is 6.54. The molecule has 6 nitrogen and oxygen atoms in total. The molecule has 1 amide bonds. The lowest BCUT2D eigenvalue weighted by Crippen LogP contribution is -2.24. The van der Waals surface area contributed by atoms with E-state index >= 15 is 0 Å². The number of aromatic nitrogens is 4. The number of anilines is 1. The third kappa shape index (κ3) is 4.17. The molecule has 27 heavy (non-hydrogen) atoms. The number of nitrogens with one attached hydrogen (secondary N) is 1. The van der Waals surface area contributed by atoms with Gasteiger partial charge >= 0.3 is 0 Å². The van der Waals surface area contributed by atoms with Gasteiger partial charge in [-0.2, -0.15) is 10.2 Å². The lowest BCUT2D eigenvalue weighted by molar-refractivity contribution is -0.119. The maximum absolute atomic E-state index is 12.7. The molecule has 0 spiro atoms. The SMILES string of the molecule is Cc1nn(C(C)C(=O)Nc2c(C)nn(Cc3cccc(Cl)c3)c2C)cc1Cl. The Morgan fingerprint density at radius 2 is 1.93 bits per heavy atom. The van der Waals surface area contributed by atoms with E-state index in [0.29, 0.717) is 28.0 Å². The van der Waals surface area contributed by atoms with Crippen molar-refractivity contribution in [3.05, 3.63) is 63.2 Å². The van der Waals surface area contributed by atoms with Crippen LogP contribution in [-0.4, -0.2) is 25.5 Å². The van der Waals surface area contributed by atoms with Crippen LogP contribution in [-0.2, 0) is 11.3 Å². The molecule has 142 valence electrons. The van der Waals surface area contributed by atoms with Gasteiger partial charge in [-0.15, -0.1) is 0 Å². The monoisotopic (exact) mass is 405 g/mol. The molecule has 0 aliphatic rings. The molecule has 0 radical (unpaired) electrons. The second-order valence-corrected chi connectivity index (χ2v) is 7.38. The first-order valence-corrected chi connectivity index (χ1v) is 9.32. The Hall–Kier alpha value is -2.31. The van der Waals surface area contributed by atoms with Crippen molar-refractivity contribution in [2.24, 2.45) is 0 Å². The summed E-state index contributed by atoms with van der Waals surface area (Å²) in [4.78, 5) is 12.7. The Morgan fingerprint density at radius 1 is 1.19 bits per heavy atom. The number of carbonyl (C=O) groups is 1. The minimum absolute atomic E-state index is 0.178.